The minimum absolute atomic E-state index is 0.264. The first-order valence-electron chi connectivity index (χ1n) is 4.97. The van der Waals surface area contributed by atoms with Gasteiger partial charge in [-0.05, 0) is 32.6 Å². The van der Waals surface area contributed by atoms with Gasteiger partial charge < -0.3 is 4.74 Å². The lowest BCUT2D eigenvalue weighted by atomic mass is 9.95. The predicted octanol–water partition coefficient (Wildman–Crippen LogP) is 2.23. The van der Waals surface area contributed by atoms with E-state index < -0.39 is 5.60 Å². The number of hydrogen-bond donors (Lipinski definition) is 0. The summed E-state index contributed by atoms with van der Waals surface area (Å²) in [6, 6.07) is 0. The van der Waals surface area contributed by atoms with Crippen LogP contribution in [0, 0.1) is 0 Å². The molecule has 1 spiro atoms. The van der Waals surface area contributed by atoms with Crippen molar-refractivity contribution in [3.05, 3.63) is 12.7 Å². The van der Waals surface area contributed by atoms with Crippen LogP contribution in [0.2, 0.25) is 0 Å². The Morgan fingerprint density at radius 2 is 2.23 bits per heavy atom. The van der Waals surface area contributed by atoms with Gasteiger partial charge in [-0.1, -0.05) is 6.08 Å². The molecular formula is C11H16O2. The van der Waals surface area contributed by atoms with Gasteiger partial charge in [-0.15, -0.1) is 6.58 Å². The molecule has 2 nitrogen and oxygen atoms in total. The zero-order valence-electron chi connectivity index (χ0n) is 8.14. The largest absolute Gasteiger partial charge is 0.357 e. The average Bonchev–Trinajstić information content (AvgIpc) is 2.62. The van der Waals surface area contributed by atoms with Crippen molar-refractivity contribution in [2.24, 2.45) is 0 Å². The van der Waals surface area contributed by atoms with Gasteiger partial charge in [0.15, 0.2) is 5.78 Å². The third-order valence-corrected chi connectivity index (χ3v) is 3.38. The van der Waals surface area contributed by atoms with Crippen molar-refractivity contribution in [3.8, 4) is 0 Å². The number of ether oxygens (including phenoxy) is 1. The fourth-order valence-electron chi connectivity index (χ4n) is 2.42. The lowest BCUT2D eigenvalue weighted by molar-refractivity contribution is -0.142. The molecule has 13 heavy (non-hydrogen) atoms. The highest BCUT2D eigenvalue weighted by atomic mass is 16.5. The second-order valence-corrected chi connectivity index (χ2v) is 4.39. The van der Waals surface area contributed by atoms with Gasteiger partial charge in [0.25, 0.3) is 0 Å². The van der Waals surface area contributed by atoms with Crippen LogP contribution in [0.5, 0.6) is 0 Å². The summed E-state index contributed by atoms with van der Waals surface area (Å²) in [5, 5.41) is 0. The molecule has 1 saturated carbocycles. The first-order chi connectivity index (χ1) is 6.10. The summed E-state index contributed by atoms with van der Waals surface area (Å²) in [7, 11) is 0. The van der Waals surface area contributed by atoms with Crippen molar-refractivity contribution in [2.75, 3.05) is 0 Å². The maximum Gasteiger partial charge on any atom is 0.164 e. The van der Waals surface area contributed by atoms with Crippen molar-refractivity contribution in [2.45, 2.75) is 50.2 Å². The van der Waals surface area contributed by atoms with E-state index in [1.165, 1.54) is 0 Å². The van der Waals surface area contributed by atoms with Gasteiger partial charge in [0.1, 0.15) is 5.60 Å². The van der Waals surface area contributed by atoms with Gasteiger partial charge in [0.2, 0.25) is 0 Å². The van der Waals surface area contributed by atoms with Crippen molar-refractivity contribution in [3.63, 3.8) is 0 Å². The molecule has 0 bridgehead atoms. The maximum absolute atomic E-state index is 11.6. The maximum atomic E-state index is 11.6. The molecule has 2 fully saturated rings. The normalized spacial score (nSPS) is 44.5. The summed E-state index contributed by atoms with van der Waals surface area (Å²) in [6.07, 6.45) is 6.25. The highest BCUT2D eigenvalue weighted by molar-refractivity contribution is 5.89. The number of rotatable bonds is 1. The molecule has 72 valence electrons. The summed E-state index contributed by atoms with van der Waals surface area (Å²) < 4.78 is 5.89. The molecule has 0 aromatic rings. The molecule has 0 amide bonds. The van der Waals surface area contributed by atoms with Crippen LogP contribution >= 0.6 is 0 Å². The zero-order chi connectivity index (χ0) is 9.53. The molecule has 1 aliphatic heterocycles. The summed E-state index contributed by atoms with van der Waals surface area (Å²) >= 11 is 0. The highest BCUT2D eigenvalue weighted by Crippen LogP contribution is 2.45. The molecule has 2 rings (SSSR count). The van der Waals surface area contributed by atoms with Crippen LogP contribution in [-0.2, 0) is 9.53 Å². The van der Waals surface area contributed by atoms with Crippen LogP contribution in [0.25, 0.3) is 0 Å². The van der Waals surface area contributed by atoms with E-state index in [0.717, 1.165) is 25.7 Å². The monoisotopic (exact) mass is 180 g/mol. The lowest BCUT2D eigenvalue weighted by Crippen LogP contribution is -2.36. The van der Waals surface area contributed by atoms with Gasteiger partial charge >= 0.3 is 0 Å². The minimum Gasteiger partial charge on any atom is -0.357 e. The number of Topliss-reactive ketones (excluding diaryl/α,β-unsaturated/α-hetero) is 1. The molecule has 1 aliphatic carbocycles. The first kappa shape index (κ1) is 8.95. The van der Waals surface area contributed by atoms with E-state index in [2.05, 4.69) is 6.58 Å². The van der Waals surface area contributed by atoms with E-state index in [1.54, 1.807) is 0 Å². The van der Waals surface area contributed by atoms with E-state index in [0.29, 0.717) is 12.2 Å². The topological polar surface area (TPSA) is 26.3 Å². The zero-order valence-corrected chi connectivity index (χ0v) is 8.14. The molecule has 1 saturated heterocycles. The predicted molar refractivity (Wildman–Crippen MR) is 50.5 cm³/mol. The van der Waals surface area contributed by atoms with Crippen LogP contribution in [0.3, 0.4) is 0 Å². The van der Waals surface area contributed by atoms with Gasteiger partial charge in [-0.3, -0.25) is 4.79 Å². The molecule has 2 atom stereocenters. The smallest absolute Gasteiger partial charge is 0.164 e. The Balaban J connectivity index is 2.21. The van der Waals surface area contributed by atoms with Gasteiger partial charge in [-0.2, -0.15) is 0 Å². The van der Waals surface area contributed by atoms with Crippen molar-refractivity contribution in [1.82, 2.24) is 0 Å². The standard InChI is InChI=1S/C11H16O2/c1-3-10(2)7-8-11(13-10)6-4-5-9(11)12/h3H,1,4-8H2,2H3/t10-,11-/m0/s1. The van der Waals surface area contributed by atoms with Crippen molar-refractivity contribution < 1.29 is 9.53 Å². The summed E-state index contributed by atoms with van der Waals surface area (Å²) in [4.78, 5) is 11.6. The van der Waals surface area contributed by atoms with Crippen LogP contribution < -0.4 is 0 Å². The van der Waals surface area contributed by atoms with Crippen molar-refractivity contribution >= 4 is 5.78 Å². The number of carbonyl (C=O) groups is 1. The molecule has 0 unspecified atom stereocenters. The van der Waals surface area contributed by atoms with Crippen LogP contribution in [-0.4, -0.2) is 17.0 Å². The fourth-order valence-corrected chi connectivity index (χ4v) is 2.42. The Labute approximate surface area is 79.0 Å². The van der Waals surface area contributed by atoms with Crippen LogP contribution in [0.15, 0.2) is 12.7 Å². The molecule has 2 aliphatic rings. The third-order valence-electron chi connectivity index (χ3n) is 3.38. The Morgan fingerprint density at radius 3 is 2.69 bits per heavy atom. The first-order valence-corrected chi connectivity index (χ1v) is 4.97. The fraction of sp³-hybridized carbons (Fsp3) is 0.727. The Hall–Kier alpha value is -0.630. The van der Waals surface area contributed by atoms with Gasteiger partial charge in [0, 0.05) is 6.42 Å². The minimum atomic E-state index is -0.428. The van der Waals surface area contributed by atoms with Crippen molar-refractivity contribution in [1.29, 1.82) is 0 Å². The summed E-state index contributed by atoms with van der Waals surface area (Å²) in [6.45, 7) is 5.77. The molecule has 0 N–H and O–H groups in total. The number of carbonyl (C=O) groups excluding carboxylic acids is 1. The molecular weight excluding hydrogens is 164 g/mol. The second kappa shape index (κ2) is 2.68. The van der Waals surface area contributed by atoms with Gasteiger partial charge in [-0.25, -0.2) is 0 Å². The Bertz CT molecular complexity index is 259. The average molecular weight is 180 g/mol. The molecule has 2 heteroatoms. The summed E-state index contributed by atoms with van der Waals surface area (Å²) in [5.74, 6) is 0.304. The molecule has 0 aromatic heterocycles. The van der Waals surface area contributed by atoms with Crippen LogP contribution in [0.4, 0.5) is 0 Å². The van der Waals surface area contributed by atoms with E-state index in [9.17, 15) is 4.79 Å². The summed E-state index contributed by atoms with van der Waals surface area (Å²) in [5.41, 5.74) is -0.692. The van der Waals surface area contributed by atoms with E-state index in [4.69, 9.17) is 4.74 Å². The molecule has 1 heterocycles. The van der Waals surface area contributed by atoms with Gasteiger partial charge in [0.05, 0.1) is 5.60 Å². The van der Waals surface area contributed by atoms with Crippen LogP contribution in [0.1, 0.15) is 39.0 Å². The lowest BCUT2D eigenvalue weighted by Gasteiger charge is -2.26. The Kier molecular flexibility index (Phi) is 1.84. The van der Waals surface area contributed by atoms with E-state index in [-0.39, 0.29) is 5.60 Å². The quantitative estimate of drug-likeness (QED) is 0.578. The second-order valence-electron chi connectivity index (χ2n) is 4.39. The number of ketones is 1. The molecule has 0 aromatic carbocycles. The van der Waals surface area contributed by atoms with E-state index in [1.807, 2.05) is 13.0 Å². The highest BCUT2D eigenvalue weighted by Gasteiger charge is 2.51. The Morgan fingerprint density at radius 1 is 1.46 bits per heavy atom. The van der Waals surface area contributed by atoms with E-state index >= 15 is 0 Å². The third kappa shape index (κ3) is 1.24. The SMILES string of the molecule is C=C[C@@]1(C)CC[C@]2(CCCC2=O)O1. The molecule has 0 radical (unpaired) electrons. The number of hydrogen-bond acceptors (Lipinski definition) is 2.